The largest absolute Gasteiger partial charge is 0.504 e. The molecule has 0 bridgehead atoms. The van der Waals surface area contributed by atoms with E-state index in [1.807, 2.05) is 12.1 Å². The number of aliphatic hydroxyl groups excluding tert-OH is 1. The van der Waals surface area contributed by atoms with E-state index in [-0.39, 0.29) is 11.5 Å². The third-order valence-electron chi connectivity index (χ3n) is 1.93. The van der Waals surface area contributed by atoms with Crippen LogP contribution in [0.2, 0.25) is 0 Å². The molecule has 13 heavy (non-hydrogen) atoms. The summed E-state index contributed by atoms with van der Waals surface area (Å²) in [6.07, 6.45) is 1.66. The molecule has 1 heterocycles. The molecular formula is C10H7NO2. The molecule has 2 N–H and O–H groups in total. The molecule has 0 amide bonds. The molecule has 0 aliphatic carbocycles. The van der Waals surface area contributed by atoms with E-state index >= 15 is 0 Å². The topological polar surface area (TPSA) is 49.3 Å². The fourth-order valence-electron chi connectivity index (χ4n) is 1.27. The van der Waals surface area contributed by atoms with Crippen LogP contribution in [0.1, 0.15) is 0 Å². The lowest BCUT2D eigenvalue weighted by Gasteiger charge is -2.07. The number of aliphatic hydroxyl groups is 1. The van der Waals surface area contributed by atoms with Gasteiger partial charge in [0, 0.05) is 16.6 Å². The highest BCUT2D eigenvalue weighted by Gasteiger charge is 2.07. The Balaban J connectivity index is 2.91. The second kappa shape index (κ2) is 2.81. The quantitative estimate of drug-likeness (QED) is 0.515. The number of nitrogens with one attached hydrogen (secondary N) is 1. The molecule has 1 aromatic carbocycles. The molecule has 1 aliphatic heterocycles. The van der Waals surface area contributed by atoms with Crippen molar-refractivity contribution in [3.05, 3.63) is 40.4 Å². The Morgan fingerprint density at radius 3 is 2.85 bits per heavy atom. The molecule has 2 rings (SSSR count). The van der Waals surface area contributed by atoms with Crippen LogP contribution >= 0.6 is 0 Å². The van der Waals surface area contributed by atoms with Gasteiger partial charge in [0.15, 0.2) is 17.4 Å². The van der Waals surface area contributed by atoms with Crippen molar-refractivity contribution in [2.75, 3.05) is 0 Å². The predicted molar refractivity (Wildman–Crippen MR) is 48.5 cm³/mol. The molecule has 0 saturated carbocycles. The molecule has 1 aromatic rings. The number of benzene rings is 1. The molecule has 3 nitrogen and oxygen atoms in total. The van der Waals surface area contributed by atoms with Gasteiger partial charge < -0.3 is 10.4 Å². The first-order chi connectivity index (χ1) is 6.33. The molecular weight excluding hydrogens is 166 g/mol. The van der Waals surface area contributed by atoms with Crippen molar-refractivity contribution in [2.45, 2.75) is 0 Å². The first-order valence-corrected chi connectivity index (χ1v) is 3.83. The molecule has 1 aliphatic rings. The summed E-state index contributed by atoms with van der Waals surface area (Å²) in [4.78, 5) is 10.4. The summed E-state index contributed by atoms with van der Waals surface area (Å²) < 4.78 is 0. The molecule has 0 radical (unpaired) electrons. The number of rotatable bonds is 0. The Kier molecular flexibility index (Phi) is 1.65. The van der Waals surface area contributed by atoms with Crippen LogP contribution in [0.4, 0.5) is 0 Å². The van der Waals surface area contributed by atoms with E-state index in [2.05, 4.69) is 5.32 Å². The van der Waals surface area contributed by atoms with Crippen molar-refractivity contribution in [1.82, 2.24) is 5.32 Å². The van der Waals surface area contributed by atoms with Gasteiger partial charge >= 0.3 is 0 Å². The van der Waals surface area contributed by atoms with Crippen LogP contribution in [0.5, 0.6) is 0 Å². The number of hydrogen-bond donors (Lipinski definition) is 2. The van der Waals surface area contributed by atoms with E-state index in [1.165, 1.54) is 0 Å². The average Bonchev–Trinajstić information content (AvgIpc) is 2.19. The first-order valence-electron chi connectivity index (χ1n) is 3.83. The van der Waals surface area contributed by atoms with E-state index in [4.69, 9.17) is 0 Å². The SMILES string of the molecule is O=C=C1NC=c2ccccc2=C1O. The number of fused-ring (bicyclic) bond motifs is 1. The molecule has 0 aromatic heterocycles. The summed E-state index contributed by atoms with van der Waals surface area (Å²) in [5.41, 5.74) is 0.0821. The Labute approximate surface area is 74.3 Å². The zero-order valence-electron chi connectivity index (χ0n) is 6.74. The summed E-state index contributed by atoms with van der Waals surface area (Å²) in [6.45, 7) is 0. The van der Waals surface area contributed by atoms with E-state index in [0.29, 0.717) is 5.22 Å². The number of carbonyl (C=O) groups excluding carboxylic acids is 1. The van der Waals surface area contributed by atoms with Gasteiger partial charge in [0.25, 0.3) is 0 Å². The van der Waals surface area contributed by atoms with Crippen LogP contribution in [0.15, 0.2) is 30.0 Å². The summed E-state index contributed by atoms with van der Waals surface area (Å²) in [5, 5.41) is 13.7. The highest BCUT2D eigenvalue weighted by atomic mass is 16.3. The Morgan fingerprint density at radius 2 is 2.08 bits per heavy atom. The van der Waals surface area contributed by atoms with Crippen molar-refractivity contribution in [3.8, 4) is 0 Å². The molecule has 0 spiro atoms. The van der Waals surface area contributed by atoms with Crippen molar-refractivity contribution in [3.63, 3.8) is 0 Å². The lowest BCUT2D eigenvalue weighted by Crippen LogP contribution is -2.35. The highest BCUT2D eigenvalue weighted by Crippen LogP contribution is 1.98. The Hall–Kier alpha value is -1.99. The lowest BCUT2D eigenvalue weighted by atomic mass is 10.1. The molecule has 0 saturated heterocycles. The third kappa shape index (κ3) is 1.11. The van der Waals surface area contributed by atoms with Crippen molar-refractivity contribution < 1.29 is 9.90 Å². The Morgan fingerprint density at radius 1 is 1.31 bits per heavy atom. The van der Waals surface area contributed by atoms with Crippen molar-refractivity contribution in [1.29, 1.82) is 0 Å². The lowest BCUT2D eigenvalue weighted by molar-refractivity contribution is 0.497. The summed E-state index contributed by atoms with van der Waals surface area (Å²) >= 11 is 0. The molecule has 3 heteroatoms. The maximum absolute atomic E-state index is 10.4. The second-order valence-electron chi connectivity index (χ2n) is 2.70. The van der Waals surface area contributed by atoms with E-state index in [1.54, 1.807) is 24.3 Å². The molecule has 0 fully saturated rings. The minimum Gasteiger partial charge on any atom is -0.504 e. The van der Waals surface area contributed by atoms with Crippen LogP contribution in [-0.4, -0.2) is 11.0 Å². The van der Waals surface area contributed by atoms with E-state index < -0.39 is 0 Å². The van der Waals surface area contributed by atoms with Gasteiger partial charge in [-0.1, -0.05) is 24.3 Å². The maximum Gasteiger partial charge on any atom is 0.167 e. The fourth-order valence-corrected chi connectivity index (χ4v) is 1.27. The van der Waals surface area contributed by atoms with Gasteiger partial charge in [-0.3, -0.25) is 0 Å². The molecule has 0 unspecified atom stereocenters. The first kappa shape index (κ1) is 7.65. The van der Waals surface area contributed by atoms with E-state index in [9.17, 15) is 9.90 Å². The van der Waals surface area contributed by atoms with Gasteiger partial charge in [0.2, 0.25) is 0 Å². The minimum absolute atomic E-state index is 0.0481. The zero-order chi connectivity index (χ0) is 9.26. The normalized spacial score (nSPS) is 13.8. The predicted octanol–water partition coefficient (Wildman–Crippen LogP) is -0.591. The highest BCUT2D eigenvalue weighted by molar-refractivity contribution is 5.75. The fraction of sp³-hybridized carbons (Fsp3) is 0. The van der Waals surface area contributed by atoms with Crippen LogP contribution in [-0.2, 0) is 4.79 Å². The summed E-state index contributed by atoms with van der Waals surface area (Å²) in [6, 6.07) is 7.26. The monoisotopic (exact) mass is 173 g/mol. The number of hydrogen-bond acceptors (Lipinski definition) is 3. The van der Waals surface area contributed by atoms with Crippen LogP contribution < -0.4 is 15.8 Å². The second-order valence-corrected chi connectivity index (χ2v) is 2.70. The van der Waals surface area contributed by atoms with Gasteiger partial charge in [-0.2, -0.15) is 0 Å². The molecule has 0 atom stereocenters. The van der Waals surface area contributed by atoms with Crippen LogP contribution in [0, 0.1) is 0 Å². The Bertz CT molecular complexity index is 510. The average molecular weight is 173 g/mol. The van der Waals surface area contributed by atoms with Gasteiger partial charge in [-0.05, 0) is 0 Å². The maximum atomic E-state index is 10.4. The van der Waals surface area contributed by atoms with Crippen LogP contribution in [0.3, 0.4) is 0 Å². The smallest absolute Gasteiger partial charge is 0.167 e. The summed E-state index contributed by atoms with van der Waals surface area (Å²) in [5.74, 6) is 1.58. The summed E-state index contributed by atoms with van der Waals surface area (Å²) in [7, 11) is 0. The van der Waals surface area contributed by atoms with Gasteiger partial charge in [-0.15, -0.1) is 0 Å². The van der Waals surface area contributed by atoms with Crippen molar-refractivity contribution in [2.24, 2.45) is 0 Å². The van der Waals surface area contributed by atoms with Crippen LogP contribution in [0.25, 0.3) is 12.0 Å². The zero-order valence-corrected chi connectivity index (χ0v) is 6.74. The third-order valence-corrected chi connectivity index (χ3v) is 1.93. The standard InChI is InChI=1S/C10H7NO2/c12-6-9-10(13)8-4-2-1-3-7(8)5-11-9/h1-5,11,13H. The van der Waals surface area contributed by atoms with Gasteiger partial charge in [0.1, 0.15) is 0 Å². The van der Waals surface area contributed by atoms with Crippen molar-refractivity contribution >= 4 is 17.9 Å². The molecule has 64 valence electrons. The van der Waals surface area contributed by atoms with Gasteiger partial charge in [-0.25, -0.2) is 4.79 Å². The van der Waals surface area contributed by atoms with E-state index in [0.717, 1.165) is 5.22 Å². The van der Waals surface area contributed by atoms with Gasteiger partial charge in [0.05, 0.1) is 0 Å². The minimum atomic E-state index is -0.0481.